The van der Waals surface area contributed by atoms with Crippen molar-refractivity contribution in [2.24, 2.45) is 22.1 Å². The SMILES string of the molecule is CO[C@@H]1CC[C@]2(Cc3ccc(-c4cc(F)cc(C#N)c4)cc3[C@@]23COC(N)=N3)C[C@H]1C. The molecule has 0 amide bonds. The number of ether oxygens (including phenoxy) is 2. The van der Waals surface area contributed by atoms with Crippen LogP contribution < -0.4 is 5.73 Å². The highest BCUT2D eigenvalue weighted by Crippen LogP contribution is 2.62. The monoisotopic (exact) mass is 419 g/mol. The molecule has 31 heavy (non-hydrogen) atoms. The summed E-state index contributed by atoms with van der Waals surface area (Å²) in [7, 11) is 1.79. The van der Waals surface area contributed by atoms with Gasteiger partial charge in [-0.15, -0.1) is 0 Å². The van der Waals surface area contributed by atoms with Gasteiger partial charge < -0.3 is 15.2 Å². The summed E-state index contributed by atoms with van der Waals surface area (Å²) in [5.41, 5.74) is 9.63. The van der Waals surface area contributed by atoms with Crippen LogP contribution in [-0.2, 0) is 21.4 Å². The second-order valence-corrected chi connectivity index (χ2v) is 9.26. The van der Waals surface area contributed by atoms with E-state index >= 15 is 0 Å². The zero-order valence-electron chi connectivity index (χ0n) is 17.8. The predicted molar refractivity (Wildman–Crippen MR) is 116 cm³/mol. The molecule has 0 saturated heterocycles. The fourth-order valence-electron chi connectivity index (χ4n) is 6.19. The Balaban J connectivity index is 1.63. The number of hydrogen-bond acceptors (Lipinski definition) is 5. The van der Waals surface area contributed by atoms with Gasteiger partial charge >= 0.3 is 0 Å². The van der Waals surface area contributed by atoms with E-state index in [4.69, 9.17) is 20.2 Å². The van der Waals surface area contributed by atoms with Crippen molar-refractivity contribution in [2.45, 2.75) is 44.2 Å². The summed E-state index contributed by atoms with van der Waals surface area (Å²) in [6, 6.07) is 12.9. The molecule has 2 N–H and O–H groups in total. The number of amidine groups is 1. The Kier molecular flexibility index (Phi) is 4.56. The lowest BCUT2D eigenvalue weighted by atomic mass is 9.59. The maximum atomic E-state index is 14.1. The van der Waals surface area contributed by atoms with Gasteiger partial charge in [-0.3, -0.25) is 0 Å². The highest BCUT2D eigenvalue weighted by Gasteiger charge is 2.62. The summed E-state index contributed by atoms with van der Waals surface area (Å²) in [5.74, 6) is -0.0123. The fourth-order valence-corrected chi connectivity index (χ4v) is 6.19. The molecule has 2 spiro atoms. The topological polar surface area (TPSA) is 80.6 Å². The minimum Gasteiger partial charge on any atom is -0.462 e. The lowest BCUT2D eigenvalue weighted by Crippen LogP contribution is -2.48. The van der Waals surface area contributed by atoms with Crippen LogP contribution in [0.15, 0.2) is 41.4 Å². The molecule has 160 valence electrons. The Bertz CT molecular complexity index is 1120. The number of nitrogens with zero attached hydrogens (tertiary/aromatic N) is 2. The standard InChI is InChI=1S/C25H26FN3O2/c1-15-11-24(6-5-22(15)30-2)12-18-4-3-17(19-7-16(13-27)8-20(26)9-19)10-21(18)25(24)14-31-23(28)29-25/h3-4,7-10,15,22H,5-6,11-12,14H2,1-2H3,(H2,28,29)/t15-,22-,24-,25+/m1/s1. The van der Waals surface area contributed by atoms with Crippen LogP contribution in [0.5, 0.6) is 0 Å². The Morgan fingerprint density at radius 3 is 2.77 bits per heavy atom. The number of nitrogens with two attached hydrogens (primary N) is 1. The van der Waals surface area contributed by atoms with Gasteiger partial charge in [-0.05, 0) is 78.1 Å². The van der Waals surface area contributed by atoms with Crippen LogP contribution in [-0.4, -0.2) is 25.8 Å². The fraction of sp³-hybridized carbons (Fsp3) is 0.440. The minimum absolute atomic E-state index is 0.0801. The van der Waals surface area contributed by atoms with Crippen molar-refractivity contribution < 1.29 is 13.9 Å². The molecule has 0 unspecified atom stereocenters. The third-order valence-corrected chi connectivity index (χ3v) is 7.61. The molecule has 1 fully saturated rings. The molecule has 3 aliphatic rings. The average molecular weight is 420 g/mol. The van der Waals surface area contributed by atoms with E-state index in [1.165, 1.54) is 17.7 Å². The Morgan fingerprint density at radius 2 is 2.10 bits per heavy atom. The van der Waals surface area contributed by atoms with E-state index in [0.29, 0.717) is 23.7 Å². The number of aliphatic imine (C=N–C) groups is 1. The second-order valence-electron chi connectivity index (χ2n) is 9.26. The number of nitriles is 1. The first-order valence-corrected chi connectivity index (χ1v) is 10.8. The van der Waals surface area contributed by atoms with Crippen LogP contribution >= 0.6 is 0 Å². The summed E-state index contributed by atoms with van der Waals surface area (Å²) < 4.78 is 25.6. The summed E-state index contributed by atoms with van der Waals surface area (Å²) in [5, 5.41) is 9.24. The van der Waals surface area contributed by atoms with Crippen molar-refractivity contribution in [1.29, 1.82) is 5.26 Å². The van der Waals surface area contributed by atoms with Gasteiger partial charge in [0, 0.05) is 12.5 Å². The van der Waals surface area contributed by atoms with Crippen molar-refractivity contribution in [3.8, 4) is 17.2 Å². The molecule has 1 heterocycles. The van der Waals surface area contributed by atoms with Gasteiger partial charge in [-0.25, -0.2) is 9.38 Å². The zero-order chi connectivity index (χ0) is 21.8. The van der Waals surface area contributed by atoms with Crippen LogP contribution in [0.1, 0.15) is 42.9 Å². The van der Waals surface area contributed by atoms with Crippen molar-refractivity contribution in [1.82, 2.24) is 0 Å². The minimum atomic E-state index is -0.541. The van der Waals surface area contributed by atoms with E-state index in [-0.39, 0.29) is 17.5 Å². The third kappa shape index (κ3) is 2.95. The lowest BCUT2D eigenvalue weighted by Gasteiger charge is -2.47. The van der Waals surface area contributed by atoms with E-state index in [9.17, 15) is 9.65 Å². The summed E-state index contributed by atoms with van der Waals surface area (Å²) in [6.07, 6.45) is 4.11. The first-order valence-electron chi connectivity index (χ1n) is 10.8. The van der Waals surface area contributed by atoms with E-state index in [1.54, 1.807) is 13.2 Å². The Morgan fingerprint density at radius 1 is 1.26 bits per heavy atom. The van der Waals surface area contributed by atoms with E-state index < -0.39 is 11.4 Å². The lowest BCUT2D eigenvalue weighted by molar-refractivity contribution is -0.0445. The van der Waals surface area contributed by atoms with Gasteiger partial charge in [0.05, 0.1) is 17.7 Å². The molecule has 0 radical (unpaired) electrons. The summed E-state index contributed by atoms with van der Waals surface area (Å²) in [6.45, 7) is 2.67. The highest BCUT2D eigenvalue weighted by atomic mass is 19.1. The number of methoxy groups -OCH3 is 1. The van der Waals surface area contributed by atoms with Crippen molar-refractivity contribution in [3.05, 3.63) is 58.9 Å². The van der Waals surface area contributed by atoms with Crippen LogP contribution in [0, 0.1) is 28.5 Å². The molecular formula is C25H26FN3O2. The molecule has 5 nitrogen and oxygen atoms in total. The summed E-state index contributed by atoms with van der Waals surface area (Å²) >= 11 is 0. The molecule has 5 rings (SSSR count). The predicted octanol–water partition coefficient (Wildman–Crippen LogP) is 4.28. The molecule has 1 saturated carbocycles. The maximum Gasteiger partial charge on any atom is 0.283 e. The quantitative estimate of drug-likeness (QED) is 0.788. The van der Waals surface area contributed by atoms with Gasteiger partial charge in [0.1, 0.15) is 18.0 Å². The average Bonchev–Trinajstić information content (AvgIpc) is 3.27. The number of hydrogen-bond donors (Lipinski definition) is 1. The highest BCUT2D eigenvalue weighted by molar-refractivity contribution is 5.76. The maximum absolute atomic E-state index is 14.1. The van der Waals surface area contributed by atoms with Crippen molar-refractivity contribution in [2.75, 3.05) is 13.7 Å². The van der Waals surface area contributed by atoms with Gasteiger partial charge in [0.2, 0.25) is 0 Å². The molecule has 6 heteroatoms. The smallest absolute Gasteiger partial charge is 0.283 e. The number of benzene rings is 2. The van der Waals surface area contributed by atoms with E-state index in [0.717, 1.165) is 36.8 Å². The molecule has 2 aliphatic carbocycles. The van der Waals surface area contributed by atoms with Crippen LogP contribution in [0.4, 0.5) is 4.39 Å². The second kappa shape index (κ2) is 7.06. The normalized spacial score (nSPS) is 31.4. The van der Waals surface area contributed by atoms with Crippen molar-refractivity contribution in [3.63, 3.8) is 0 Å². The number of rotatable bonds is 2. The Hall–Kier alpha value is -2.91. The zero-order valence-corrected chi connectivity index (χ0v) is 17.8. The molecular weight excluding hydrogens is 393 g/mol. The molecule has 0 aromatic heterocycles. The molecule has 4 atom stereocenters. The summed E-state index contributed by atoms with van der Waals surface area (Å²) in [4.78, 5) is 4.91. The Labute approximate surface area is 181 Å². The first kappa shape index (κ1) is 20.0. The van der Waals surface area contributed by atoms with Crippen LogP contribution in [0.25, 0.3) is 11.1 Å². The van der Waals surface area contributed by atoms with Crippen LogP contribution in [0.3, 0.4) is 0 Å². The van der Waals surface area contributed by atoms with Gasteiger partial charge in [0.15, 0.2) is 0 Å². The largest absolute Gasteiger partial charge is 0.462 e. The van der Waals surface area contributed by atoms with Gasteiger partial charge in [0.25, 0.3) is 6.02 Å². The number of fused-ring (bicyclic) bond motifs is 3. The van der Waals surface area contributed by atoms with Crippen molar-refractivity contribution >= 4 is 6.02 Å². The van der Waals surface area contributed by atoms with Gasteiger partial charge in [-0.2, -0.15) is 5.26 Å². The molecule has 2 aromatic rings. The van der Waals surface area contributed by atoms with E-state index in [1.807, 2.05) is 12.1 Å². The molecule has 1 aliphatic heterocycles. The van der Waals surface area contributed by atoms with Crippen LogP contribution in [0.2, 0.25) is 0 Å². The molecule has 2 aromatic carbocycles. The van der Waals surface area contributed by atoms with Gasteiger partial charge in [-0.1, -0.05) is 19.1 Å². The number of halogens is 1. The third-order valence-electron chi connectivity index (χ3n) is 7.61. The first-order chi connectivity index (χ1) is 14.9. The van der Waals surface area contributed by atoms with E-state index in [2.05, 4.69) is 19.1 Å². The molecule has 0 bridgehead atoms.